The van der Waals surface area contributed by atoms with Crippen molar-refractivity contribution in [3.63, 3.8) is 0 Å². The molecule has 0 unspecified atom stereocenters. The van der Waals surface area contributed by atoms with Gasteiger partial charge in [-0.1, -0.05) is 13.8 Å². The van der Waals surface area contributed by atoms with Gasteiger partial charge < -0.3 is 10.6 Å². The minimum absolute atomic E-state index is 0.0713. The molecule has 0 fully saturated rings. The van der Waals surface area contributed by atoms with Crippen molar-refractivity contribution in [3.05, 3.63) is 10.8 Å². The van der Waals surface area contributed by atoms with Crippen LogP contribution in [0.1, 0.15) is 33.6 Å². The number of hydrogen-bond acceptors (Lipinski definition) is 4. The van der Waals surface area contributed by atoms with Crippen molar-refractivity contribution in [3.8, 4) is 0 Å². The highest BCUT2D eigenvalue weighted by molar-refractivity contribution is 9.10. The molecule has 90 valence electrons. The van der Waals surface area contributed by atoms with Crippen LogP contribution >= 0.6 is 15.9 Å². The van der Waals surface area contributed by atoms with Crippen LogP contribution in [-0.4, -0.2) is 22.6 Å². The Balaban J connectivity index is 2.97. The predicted molar refractivity (Wildman–Crippen MR) is 71.9 cm³/mol. The lowest BCUT2D eigenvalue weighted by molar-refractivity contribution is 0.476. The van der Waals surface area contributed by atoms with E-state index in [0.29, 0.717) is 0 Å². The summed E-state index contributed by atoms with van der Waals surface area (Å²) in [5.41, 5.74) is 0.0713. The summed E-state index contributed by atoms with van der Waals surface area (Å²) in [6, 6.07) is 0. The van der Waals surface area contributed by atoms with Gasteiger partial charge in [-0.3, -0.25) is 0 Å². The summed E-state index contributed by atoms with van der Waals surface area (Å²) in [6.07, 6.45) is 3.66. The third kappa shape index (κ3) is 2.84. The minimum atomic E-state index is 0.0713. The van der Waals surface area contributed by atoms with Gasteiger partial charge in [0.1, 0.15) is 22.4 Å². The van der Waals surface area contributed by atoms with E-state index in [-0.39, 0.29) is 5.54 Å². The van der Waals surface area contributed by atoms with Crippen molar-refractivity contribution in [2.24, 2.45) is 0 Å². The molecule has 5 heteroatoms. The van der Waals surface area contributed by atoms with Crippen molar-refractivity contribution in [1.82, 2.24) is 9.97 Å². The van der Waals surface area contributed by atoms with Gasteiger partial charge in [-0.15, -0.1) is 0 Å². The number of hydrogen-bond donors (Lipinski definition) is 2. The normalized spacial score (nSPS) is 11.3. The van der Waals surface area contributed by atoms with Crippen molar-refractivity contribution >= 4 is 27.6 Å². The van der Waals surface area contributed by atoms with E-state index in [1.54, 1.807) is 6.33 Å². The second-order valence-electron chi connectivity index (χ2n) is 4.03. The van der Waals surface area contributed by atoms with Gasteiger partial charge in [0, 0.05) is 12.6 Å². The molecule has 0 amide bonds. The third-order valence-electron chi connectivity index (χ3n) is 3.01. The van der Waals surface area contributed by atoms with Crippen LogP contribution in [0.15, 0.2) is 10.8 Å². The topological polar surface area (TPSA) is 49.8 Å². The molecular weight excluding hydrogens is 268 g/mol. The Kier molecular flexibility index (Phi) is 4.53. The maximum atomic E-state index is 4.26. The summed E-state index contributed by atoms with van der Waals surface area (Å²) >= 11 is 3.50. The van der Waals surface area contributed by atoms with Gasteiger partial charge in [0.05, 0.1) is 0 Å². The van der Waals surface area contributed by atoms with Gasteiger partial charge in [0.15, 0.2) is 0 Å². The van der Waals surface area contributed by atoms with Crippen molar-refractivity contribution in [2.75, 3.05) is 17.7 Å². The number of nitrogens with one attached hydrogen (secondary N) is 2. The molecular formula is C11H19BrN4. The van der Waals surface area contributed by atoms with Crippen LogP contribution in [0.2, 0.25) is 0 Å². The fourth-order valence-electron chi connectivity index (χ4n) is 1.34. The number of rotatable bonds is 5. The Bertz CT molecular complexity index is 350. The molecule has 0 saturated carbocycles. The van der Waals surface area contributed by atoms with Crippen LogP contribution in [0.5, 0.6) is 0 Å². The third-order valence-corrected chi connectivity index (χ3v) is 3.76. The van der Waals surface area contributed by atoms with Crippen LogP contribution in [0.3, 0.4) is 0 Å². The van der Waals surface area contributed by atoms with Crippen molar-refractivity contribution in [1.29, 1.82) is 0 Å². The van der Waals surface area contributed by atoms with Crippen LogP contribution in [0.4, 0.5) is 11.6 Å². The van der Waals surface area contributed by atoms with E-state index in [2.05, 4.69) is 57.3 Å². The average molecular weight is 287 g/mol. The Morgan fingerprint density at radius 3 is 2.31 bits per heavy atom. The van der Waals surface area contributed by atoms with Gasteiger partial charge >= 0.3 is 0 Å². The first-order chi connectivity index (χ1) is 7.56. The van der Waals surface area contributed by atoms with Crippen LogP contribution < -0.4 is 10.6 Å². The zero-order valence-corrected chi connectivity index (χ0v) is 11.8. The number of halogens is 1. The van der Waals surface area contributed by atoms with Crippen LogP contribution in [0, 0.1) is 0 Å². The zero-order valence-electron chi connectivity index (χ0n) is 10.3. The lowest BCUT2D eigenvalue weighted by Gasteiger charge is -2.29. The molecule has 0 atom stereocenters. The van der Waals surface area contributed by atoms with Gasteiger partial charge in [-0.25, -0.2) is 9.97 Å². The molecule has 0 bridgehead atoms. The van der Waals surface area contributed by atoms with E-state index in [1.807, 2.05) is 7.05 Å². The Morgan fingerprint density at radius 1 is 1.25 bits per heavy atom. The van der Waals surface area contributed by atoms with Gasteiger partial charge in [0.25, 0.3) is 0 Å². The number of aromatic nitrogens is 2. The molecule has 0 aliphatic heterocycles. The summed E-state index contributed by atoms with van der Waals surface area (Å²) in [5.74, 6) is 1.64. The molecule has 0 aromatic carbocycles. The fourth-order valence-corrected chi connectivity index (χ4v) is 1.85. The van der Waals surface area contributed by atoms with Crippen molar-refractivity contribution < 1.29 is 0 Å². The first-order valence-electron chi connectivity index (χ1n) is 5.52. The van der Waals surface area contributed by atoms with E-state index in [9.17, 15) is 0 Å². The largest absolute Gasteiger partial charge is 0.372 e. The molecule has 2 N–H and O–H groups in total. The molecule has 1 rings (SSSR count). The Hall–Kier alpha value is -0.840. The van der Waals surface area contributed by atoms with E-state index < -0.39 is 0 Å². The van der Waals surface area contributed by atoms with Gasteiger partial charge in [0.2, 0.25) is 0 Å². The minimum Gasteiger partial charge on any atom is -0.372 e. The SMILES string of the molecule is CCC(C)(CC)Nc1ncnc(NC)c1Br. The van der Waals surface area contributed by atoms with E-state index >= 15 is 0 Å². The summed E-state index contributed by atoms with van der Waals surface area (Å²) in [6.45, 7) is 6.54. The second-order valence-corrected chi connectivity index (χ2v) is 4.82. The summed E-state index contributed by atoms with van der Waals surface area (Å²) < 4.78 is 0.880. The molecule has 1 heterocycles. The van der Waals surface area contributed by atoms with Crippen LogP contribution in [-0.2, 0) is 0 Å². The van der Waals surface area contributed by atoms with Gasteiger partial charge in [-0.05, 0) is 35.7 Å². The molecule has 16 heavy (non-hydrogen) atoms. The Morgan fingerprint density at radius 2 is 1.81 bits per heavy atom. The zero-order chi connectivity index (χ0) is 12.2. The fraction of sp³-hybridized carbons (Fsp3) is 0.636. The summed E-state index contributed by atoms with van der Waals surface area (Å²) in [7, 11) is 1.84. The monoisotopic (exact) mass is 286 g/mol. The highest BCUT2D eigenvalue weighted by Gasteiger charge is 2.21. The van der Waals surface area contributed by atoms with E-state index in [0.717, 1.165) is 29.0 Å². The lowest BCUT2D eigenvalue weighted by Crippen LogP contribution is -2.33. The highest BCUT2D eigenvalue weighted by Crippen LogP contribution is 2.29. The molecule has 0 saturated heterocycles. The van der Waals surface area contributed by atoms with Crippen molar-refractivity contribution in [2.45, 2.75) is 39.2 Å². The highest BCUT2D eigenvalue weighted by atomic mass is 79.9. The lowest BCUT2D eigenvalue weighted by atomic mass is 9.96. The van der Waals surface area contributed by atoms with Crippen LogP contribution in [0.25, 0.3) is 0 Å². The Labute approximate surface area is 105 Å². The molecule has 4 nitrogen and oxygen atoms in total. The van der Waals surface area contributed by atoms with E-state index in [4.69, 9.17) is 0 Å². The molecule has 0 aliphatic rings. The molecule has 0 aliphatic carbocycles. The maximum absolute atomic E-state index is 4.26. The van der Waals surface area contributed by atoms with E-state index in [1.165, 1.54) is 0 Å². The second kappa shape index (κ2) is 5.48. The molecule has 1 aromatic rings. The molecule has 1 aromatic heterocycles. The first-order valence-corrected chi connectivity index (χ1v) is 6.32. The number of nitrogens with zero attached hydrogens (tertiary/aromatic N) is 2. The predicted octanol–water partition coefficient (Wildman–Crippen LogP) is 3.27. The average Bonchev–Trinajstić information content (AvgIpc) is 2.32. The number of anilines is 2. The first kappa shape index (κ1) is 13.2. The quantitative estimate of drug-likeness (QED) is 0.872. The van der Waals surface area contributed by atoms with Gasteiger partial charge in [-0.2, -0.15) is 0 Å². The standard InChI is InChI=1S/C11H19BrN4/c1-5-11(3,6-2)16-10-8(12)9(13-4)14-7-15-10/h7H,5-6H2,1-4H3,(H2,13,14,15,16). The molecule has 0 spiro atoms. The molecule has 0 radical (unpaired) electrons. The maximum Gasteiger partial charge on any atom is 0.146 e. The summed E-state index contributed by atoms with van der Waals surface area (Å²) in [5, 5.41) is 6.48. The summed E-state index contributed by atoms with van der Waals surface area (Å²) in [4.78, 5) is 8.39. The smallest absolute Gasteiger partial charge is 0.146 e.